The molecule has 1 aromatic rings. The molecule has 1 atom stereocenters. The first-order chi connectivity index (χ1) is 7.75. The molecule has 0 aromatic heterocycles. The maximum Gasteiger partial charge on any atom is 0.0230 e. The predicted molar refractivity (Wildman–Crippen MR) is 68.3 cm³/mol. The van der Waals surface area contributed by atoms with E-state index in [0.717, 1.165) is 18.4 Å². The van der Waals surface area contributed by atoms with E-state index in [1.165, 1.54) is 25.2 Å². The van der Waals surface area contributed by atoms with E-state index in [-0.39, 0.29) is 0 Å². The Morgan fingerprint density at radius 2 is 2.00 bits per heavy atom. The zero-order valence-electron chi connectivity index (χ0n) is 10.3. The van der Waals surface area contributed by atoms with Gasteiger partial charge < -0.3 is 10.2 Å². The Bertz CT molecular complexity index is 306. The third-order valence-corrected chi connectivity index (χ3v) is 3.51. The van der Waals surface area contributed by atoms with Gasteiger partial charge in [-0.1, -0.05) is 37.3 Å². The summed E-state index contributed by atoms with van der Waals surface area (Å²) in [7, 11) is 2.22. The number of rotatable bonds is 5. The molecule has 0 saturated carbocycles. The standard InChI is InChI=1S/C14H22N2/c1-12(14-8-15-9-14)10-16(2)11-13-6-4-3-5-7-13/h3-7,12,14-15H,8-11H2,1-2H3. The molecule has 1 aliphatic heterocycles. The van der Waals surface area contributed by atoms with E-state index in [1.807, 2.05) is 0 Å². The van der Waals surface area contributed by atoms with Crippen molar-refractivity contribution < 1.29 is 0 Å². The molecule has 0 amide bonds. The summed E-state index contributed by atoms with van der Waals surface area (Å²) in [5, 5.41) is 3.35. The quantitative estimate of drug-likeness (QED) is 0.813. The van der Waals surface area contributed by atoms with Crippen molar-refractivity contribution in [1.29, 1.82) is 0 Å². The molecule has 2 nitrogen and oxygen atoms in total. The second-order valence-corrected chi connectivity index (χ2v) is 5.08. The zero-order chi connectivity index (χ0) is 11.4. The predicted octanol–water partition coefficient (Wildman–Crippen LogP) is 1.97. The van der Waals surface area contributed by atoms with Crippen LogP contribution in [0.3, 0.4) is 0 Å². The van der Waals surface area contributed by atoms with Crippen LogP contribution < -0.4 is 5.32 Å². The van der Waals surface area contributed by atoms with Gasteiger partial charge in [-0.25, -0.2) is 0 Å². The lowest BCUT2D eigenvalue weighted by atomic mass is 9.88. The molecule has 1 saturated heterocycles. The van der Waals surface area contributed by atoms with E-state index in [1.54, 1.807) is 0 Å². The Balaban J connectivity index is 1.77. The first kappa shape index (κ1) is 11.6. The molecule has 1 aliphatic rings. The molecule has 1 heterocycles. The van der Waals surface area contributed by atoms with Gasteiger partial charge in [-0.3, -0.25) is 0 Å². The Kier molecular flexibility index (Phi) is 3.97. The van der Waals surface area contributed by atoms with Crippen LogP contribution in [-0.2, 0) is 6.54 Å². The molecule has 0 aliphatic carbocycles. The largest absolute Gasteiger partial charge is 0.316 e. The van der Waals surface area contributed by atoms with Crippen molar-refractivity contribution >= 4 is 0 Å². The lowest BCUT2D eigenvalue weighted by molar-refractivity contribution is 0.182. The lowest BCUT2D eigenvalue weighted by Gasteiger charge is -2.34. The number of hydrogen-bond donors (Lipinski definition) is 1. The van der Waals surface area contributed by atoms with Gasteiger partial charge in [0.15, 0.2) is 0 Å². The molecule has 1 aromatic carbocycles. The van der Waals surface area contributed by atoms with Crippen LogP contribution in [0.2, 0.25) is 0 Å². The van der Waals surface area contributed by atoms with Crippen LogP contribution in [0.25, 0.3) is 0 Å². The van der Waals surface area contributed by atoms with Gasteiger partial charge >= 0.3 is 0 Å². The van der Waals surface area contributed by atoms with Crippen LogP contribution in [0.1, 0.15) is 12.5 Å². The van der Waals surface area contributed by atoms with Crippen molar-refractivity contribution in [3.8, 4) is 0 Å². The van der Waals surface area contributed by atoms with E-state index in [9.17, 15) is 0 Å². The smallest absolute Gasteiger partial charge is 0.0230 e. The van der Waals surface area contributed by atoms with Gasteiger partial charge in [0, 0.05) is 13.1 Å². The third-order valence-electron chi connectivity index (χ3n) is 3.51. The van der Waals surface area contributed by atoms with Crippen LogP contribution in [0.15, 0.2) is 30.3 Å². The summed E-state index contributed by atoms with van der Waals surface area (Å²) < 4.78 is 0. The summed E-state index contributed by atoms with van der Waals surface area (Å²) in [4.78, 5) is 2.43. The van der Waals surface area contributed by atoms with Crippen molar-refractivity contribution in [2.75, 3.05) is 26.7 Å². The van der Waals surface area contributed by atoms with E-state index >= 15 is 0 Å². The minimum atomic E-state index is 0.801. The number of nitrogens with zero attached hydrogens (tertiary/aromatic N) is 1. The Morgan fingerprint density at radius 3 is 2.56 bits per heavy atom. The Hall–Kier alpha value is -0.860. The number of hydrogen-bond acceptors (Lipinski definition) is 2. The third kappa shape index (κ3) is 3.06. The molecular weight excluding hydrogens is 196 g/mol. The first-order valence-electron chi connectivity index (χ1n) is 6.19. The molecule has 0 spiro atoms. The van der Waals surface area contributed by atoms with Gasteiger partial charge in [-0.05, 0) is 37.5 Å². The fourth-order valence-electron chi connectivity index (χ4n) is 2.31. The van der Waals surface area contributed by atoms with Crippen molar-refractivity contribution in [3.05, 3.63) is 35.9 Å². The van der Waals surface area contributed by atoms with Gasteiger partial charge in [0.05, 0.1) is 0 Å². The molecular formula is C14H22N2. The molecule has 1 N–H and O–H groups in total. The molecule has 0 bridgehead atoms. The van der Waals surface area contributed by atoms with Gasteiger partial charge in [-0.15, -0.1) is 0 Å². The van der Waals surface area contributed by atoms with Gasteiger partial charge in [0.25, 0.3) is 0 Å². The van der Waals surface area contributed by atoms with Crippen LogP contribution >= 0.6 is 0 Å². The maximum absolute atomic E-state index is 3.35. The average Bonchev–Trinajstić information content (AvgIpc) is 2.15. The summed E-state index contributed by atoms with van der Waals surface area (Å²) in [5.74, 6) is 1.69. The molecule has 2 heteroatoms. The highest BCUT2D eigenvalue weighted by atomic mass is 15.1. The molecule has 16 heavy (non-hydrogen) atoms. The van der Waals surface area contributed by atoms with Crippen molar-refractivity contribution in [1.82, 2.24) is 10.2 Å². The van der Waals surface area contributed by atoms with E-state index < -0.39 is 0 Å². The normalized spacial score (nSPS) is 18.4. The minimum absolute atomic E-state index is 0.801. The minimum Gasteiger partial charge on any atom is -0.316 e. The number of nitrogens with one attached hydrogen (secondary N) is 1. The summed E-state index contributed by atoms with van der Waals surface area (Å²) in [6.45, 7) is 7.04. The topological polar surface area (TPSA) is 15.3 Å². The van der Waals surface area contributed by atoms with Gasteiger partial charge in [-0.2, -0.15) is 0 Å². The van der Waals surface area contributed by atoms with E-state index in [0.29, 0.717) is 0 Å². The highest BCUT2D eigenvalue weighted by Crippen LogP contribution is 2.17. The SMILES string of the molecule is CC(CN(C)Cc1ccccc1)C1CNC1. The molecule has 2 rings (SSSR count). The molecule has 88 valence electrons. The molecule has 1 fully saturated rings. The zero-order valence-corrected chi connectivity index (χ0v) is 10.3. The summed E-state index contributed by atoms with van der Waals surface area (Å²) in [5.41, 5.74) is 1.41. The van der Waals surface area contributed by atoms with Crippen LogP contribution in [-0.4, -0.2) is 31.6 Å². The van der Waals surface area contributed by atoms with Crippen molar-refractivity contribution in [2.24, 2.45) is 11.8 Å². The Labute approximate surface area is 98.7 Å². The Morgan fingerprint density at radius 1 is 1.31 bits per heavy atom. The van der Waals surface area contributed by atoms with E-state index in [2.05, 4.69) is 54.5 Å². The van der Waals surface area contributed by atoms with Crippen LogP contribution in [0, 0.1) is 11.8 Å². The van der Waals surface area contributed by atoms with Crippen LogP contribution in [0.5, 0.6) is 0 Å². The summed E-state index contributed by atoms with van der Waals surface area (Å²) in [6.07, 6.45) is 0. The summed E-state index contributed by atoms with van der Waals surface area (Å²) >= 11 is 0. The second kappa shape index (κ2) is 5.46. The van der Waals surface area contributed by atoms with Gasteiger partial charge in [0.2, 0.25) is 0 Å². The molecule has 1 unspecified atom stereocenters. The monoisotopic (exact) mass is 218 g/mol. The summed E-state index contributed by atoms with van der Waals surface area (Å²) in [6, 6.07) is 10.7. The highest BCUT2D eigenvalue weighted by molar-refractivity contribution is 5.14. The van der Waals surface area contributed by atoms with Crippen molar-refractivity contribution in [3.63, 3.8) is 0 Å². The molecule has 0 radical (unpaired) electrons. The lowest BCUT2D eigenvalue weighted by Crippen LogP contribution is -2.47. The van der Waals surface area contributed by atoms with Crippen molar-refractivity contribution in [2.45, 2.75) is 13.5 Å². The second-order valence-electron chi connectivity index (χ2n) is 5.08. The number of benzene rings is 1. The maximum atomic E-state index is 3.35. The fourth-order valence-corrected chi connectivity index (χ4v) is 2.31. The fraction of sp³-hybridized carbons (Fsp3) is 0.571. The first-order valence-corrected chi connectivity index (χ1v) is 6.19. The van der Waals surface area contributed by atoms with E-state index in [4.69, 9.17) is 0 Å². The van der Waals surface area contributed by atoms with Crippen LogP contribution in [0.4, 0.5) is 0 Å². The highest BCUT2D eigenvalue weighted by Gasteiger charge is 2.24. The average molecular weight is 218 g/mol. The van der Waals surface area contributed by atoms with Gasteiger partial charge in [0.1, 0.15) is 0 Å².